The average molecular weight is 365 g/mol. The lowest BCUT2D eigenvalue weighted by atomic mass is 10.1. The van der Waals surface area contributed by atoms with Gasteiger partial charge >= 0.3 is 0 Å². The lowest BCUT2D eigenvalue weighted by molar-refractivity contribution is 0.0682. The molecule has 0 N–H and O–H groups in total. The molecule has 2 aromatic rings. The van der Waals surface area contributed by atoms with E-state index in [2.05, 4.69) is 0 Å². The maximum atomic E-state index is 13.0. The molecule has 2 heterocycles. The van der Waals surface area contributed by atoms with Gasteiger partial charge in [0.2, 0.25) is 0 Å². The van der Waals surface area contributed by atoms with Gasteiger partial charge in [0.1, 0.15) is 5.75 Å². The predicted molar refractivity (Wildman–Crippen MR) is 94.2 cm³/mol. The molecule has 0 aliphatic carbocycles. The van der Waals surface area contributed by atoms with Crippen LogP contribution in [0.5, 0.6) is 5.75 Å². The number of hydrogen-bond donors (Lipinski definition) is 0. The number of benzene rings is 1. The van der Waals surface area contributed by atoms with Gasteiger partial charge in [-0.25, -0.2) is 8.42 Å². The van der Waals surface area contributed by atoms with Crippen molar-refractivity contribution in [3.05, 3.63) is 52.2 Å². The van der Waals surface area contributed by atoms with Crippen LogP contribution < -0.4 is 4.74 Å². The van der Waals surface area contributed by atoms with E-state index in [1.165, 1.54) is 0 Å². The predicted octanol–water partition coefficient (Wildman–Crippen LogP) is 2.59. The van der Waals surface area contributed by atoms with Crippen molar-refractivity contribution in [2.75, 3.05) is 18.6 Å². The van der Waals surface area contributed by atoms with Gasteiger partial charge in [0.05, 0.1) is 25.2 Å². The molecule has 0 radical (unpaired) electrons. The second-order valence-electron chi connectivity index (χ2n) is 5.80. The summed E-state index contributed by atoms with van der Waals surface area (Å²) < 4.78 is 28.9. The third-order valence-electron chi connectivity index (χ3n) is 4.13. The van der Waals surface area contributed by atoms with E-state index in [1.807, 2.05) is 17.5 Å². The van der Waals surface area contributed by atoms with E-state index in [0.717, 1.165) is 4.88 Å². The fraction of sp³-hybridized carbons (Fsp3) is 0.353. The summed E-state index contributed by atoms with van der Waals surface area (Å²) in [6.07, 6.45) is 0.490. The zero-order chi connectivity index (χ0) is 17.2. The number of thiophene rings is 1. The monoisotopic (exact) mass is 365 g/mol. The van der Waals surface area contributed by atoms with E-state index in [9.17, 15) is 13.2 Å². The van der Waals surface area contributed by atoms with Crippen molar-refractivity contribution < 1.29 is 17.9 Å². The summed E-state index contributed by atoms with van der Waals surface area (Å²) in [5.41, 5.74) is 0.509. The van der Waals surface area contributed by atoms with Crippen LogP contribution in [0.15, 0.2) is 41.8 Å². The van der Waals surface area contributed by atoms with Crippen molar-refractivity contribution >= 4 is 27.1 Å². The minimum absolute atomic E-state index is 0.0358. The molecule has 5 nitrogen and oxygen atoms in total. The van der Waals surface area contributed by atoms with Crippen LogP contribution in [0.25, 0.3) is 0 Å². The van der Waals surface area contributed by atoms with Crippen LogP contribution in [0.3, 0.4) is 0 Å². The molecule has 1 aromatic carbocycles. The minimum atomic E-state index is -3.06. The standard InChI is InChI=1S/C17H19NO4S2/c1-22-15-5-2-4-13(10-15)17(19)18(11-16-6-3-8-23-16)14-7-9-24(20,21)12-14/h2-6,8,10,14H,7,9,11-12H2,1H3/t14-/m1/s1. The lowest BCUT2D eigenvalue weighted by Gasteiger charge is -2.28. The molecule has 0 bridgehead atoms. The summed E-state index contributed by atoms with van der Waals surface area (Å²) >= 11 is 1.56. The van der Waals surface area contributed by atoms with Crippen molar-refractivity contribution in [2.45, 2.75) is 19.0 Å². The maximum absolute atomic E-state index is 13.0. The molecule has 1 aliphatic rings. The largest absolute Gasteiger partial charge is 0.497 e. The van der Waals surface area contributed by atoms with Gasteiger partial charge in [-0.1, -0.05) is 12.1 Å². The van der Waals surface area contributed by atoms with E-state index in [1.54, 1.807) is 47.6 Å². The minimum Gasteiger partial charge on any atom is -0.497 e. The number of ether oxygens (including phenoxy) is 1. The van der Waals surface area contributed by atoms with E-state index in [4.69, 9.17) is 4.74 Å². The van der Waals surface area contributed by atoms with Gasteiger partial charge in [0.15, 0.2) is 9.84 Å². The van der Waals surface area contributed by atoms with Gasteiger partial charge in [0, 0.05) is 16.5 Å². The topological polar surface area (TPSA) is 63.7 Å². The molecule has 24 heavy (non-hydrogen) atoms. The van der Waals surface area contributed by atoms with Crippen LogP contribution in [0.1, 0.15) is 21.7 Å². The Morgan fingerprint density at radius 3 is 2.79 bits per heavy atom. The fourth-order valence-corrected chi connectivity index (χ4v) is 5.31. The highest BCUT2D eigenvalue weighted by Gasteiger charge is 2.35. The van der Waals surface area contributed by atoms with Crippen molar-refractivity contribution in [3.63, 3.8) is 0 Å². The molecule has 0 unspecified atom stereocenters. The Balaban J connectivity index is 1.89. The van der Waals surface area contributed by atoms with Gasteiger partial charge in [0.25, 0.3) is 5.91 Å². The smallest absolute Gasteiger partial charge is 0.254 e. The first-order valence-corrected chi connectivity index (χ1v) is 10.4. The Kier molecular flexibility index (Phi) is 4.91. The number of rotatable bonds is 5. The van der Waals surface area contributed by atoms with Crippen LogP contribution >= 0.6 is 11.3 Å². The number of methoxy groups -OCH3 is 1. The van der Waals surface area contributed by atoms with Gasteiger partial charge in [-0.05, 0) is 36.1 Å². The first-order valence-electron chi connectivity index (χ1n) is 7.66. The highest BCUT2D eigenvalue weighted by Crippen LogP contribution is 2.24. The summed E-state index contributed by atoms with van der Waals surface area (Å²) in [7, 11) is -1.51. The molecule has 3 rings (SSSR count). The third-order valence-corrected chi connectivity index (χ3v) is 6.74. The first-order chi connectivity index (χ1) is 11.5. The van der Waals surface area contributed by atoms with Crippen LogP contribution in [0.4, 0.5) is 0 Å². The summed E-state index contributed by atoms with van der Waals surface area (Å²) in [6, 6.07) is 10.6. The van der Waals surface area contributed by atoms with Crippen LogP contribution in [0.2, 0.25) is 0 Å². The number of carbonyl (C=O) groups excluding carboxylic acids is 1. The second-order valence-corrected chi connectivity index (χ2v) is 9.06. The molecular weight excluding hydrogens is 346 g/mol. The van der Waals surface area contributed by atoms with E-state index in [0.29, 0.717) is 24.3 Å². The molecule has 7 heteroatoms. The molecule has 128 valence electrons. The van der Waals surface area contributed by atoms with Crippen molar-refractivity contribution in [3.8, 4) is 5.75 Å². The Hall–Kier alpha value is -1.86. The molecule has 1 saturated heterocycles. The summed E-state index contributed by atoms with van der Waals surface area (Å²) in [5, 5.41) is 1.95. The molecule has 1 aliphatic heterocycles. The number of hydrogen-bond acceptors (Lipinski definition) is 5. The molecular formula is C17H19NO4S2. The number of amides is 1. The molecule has 0 saturated carbocycles. The Morgan fingerprint density at radius 1 is 1.33 bits per heavy atom. The Labute approximate surface area is 145 Å². The highest BCUT2D eigenvalue weighted by atomic mass is 32.2. The second kappa shape index (κ2) is 6.94. The van der Waals surface area contributed by atoms with Gasteiger partial charge in [-0.3, -0.25) is 4.79 Å². The van der Waals surface area contributed by atoms with Gasteiger partial charge < -0.3 is 9.64 Å². The number of nitrogens with zero attached hydrogens (tertiary/aromatic N) is 1. The summed E-state index contributed by atoms with van der Waals surface area (Å²) in [5.74, 6) is 0.623. The van der Waals surface area contributed by atoms with Crippen molar-refractivity contribution in [1.82, 2.24) is 4.90 Å². The summed E-state index contributed by atoms with van der Waals surface area (Å²) in [4.78, 5) is 15.7. The summed E-state index contributed by atoms with van der Waals surface area (Å²) in [6.45, 7) is 0.425. The maximum Gasteiger partial charge on any atom is 0.254 e. The lowest BCUT2D eigenvalue weighted by Crippen LogP contribution is -2.40. The van der Waals surface area contributed by atoms with Crippen molar-refractivity contribution in [2.24, 2.45) is 0 Å². The molecule has 0 spiro atoms. The number of carbonyl (C=O) groups is 1. The molecule has 1 aromatic heterocycles. The molecule has 1 atom stereocenters. The van der Waals surface area contributed by atoms with Crippen LogP contribution in [0, 0.1) is 0 Å². The van der Waals surface area contributed by atoms with Crippen LogP contribution in [-0.4, -0.2) is 43.9 Å². The number of sulfone groups is 1. The molecule has 1 fully saturated rings. The zero-order valence-corrected chi connectivity index (χ0v) is 15.0. The van der Waals surface area contributed by atoms with Crippen molar-refractivity contribution in [1.29, 1.82) is 0 Å². The van der Waals surface area contributed by atoms with E-state index < -0.39 is 9.84 Å². The quantitative estimate of drug-likeness (QED) is 0.817. The van der Waals surface area contributed by atoms with Crippen LogP contribution in [-0.2, 0) is 16.4 Å². The normalized spacial score (nSPS) is 19.1. The fourth-order valence-electron chi connectivity index (χ4n) is 2.88. The average Bonchev–Trinajstić information content (AvgIpc) is 3.21. The molecule has 1 amide bonds. The van der Waals surface area contributed by atoms with E-state index >= 15 is 0 Å². The SMILES string of the molecule is COc1cccc(C(=O)N(Cc2cccs2)[C@@H]2CCS(=O)(=O)C2)c1. The van der Waals surface area contributed by atoms with E-state index in [-0.39, 0.29) is 23.5 Å². The Bertz CT molecular complexity index is 815. The Morgan fingerprint density at radius 2 is 2.17 bits per heavy atom. The van der Waals surface area contributed by atoms with Gasteiger partial charge in [-0.15, -0.1) is 11.3 Å². The van der Waals surface area contributed by atoms with Gasteiger partial charge in [-0.2, -0.15) is 0 Å². The first kappa shape index (κ1) is 17.0. The highest BCUT2D eigenvalue weighted by molar-refractivity contribution is 7.91. The third kappa shape index (κ3) is 3.79. The zero-order valence-electron chi connectivity index (χ0n) is 13.3.